The molecule has 2 bridgehead atoms. The van der Waals surface area contributed by atoms with Gasteiger partial charge in [-0.1, -0.05) is 0 Å². The third-order valence-electron chi connectivity index (χ3n) is 4.60. The monoisotopic (exact) mass is 339 g/mol. The van der Waals surface area contributed by atoms with Gasteiger partial charge in [0.15, 0.2) is 0 Å². The minimum atomic E-state index is -3.23. The summed E-state index contributed by atoms with van der Waals surface area (Å²) in [5.41, 5.74) is 0.523. The van der Waals surface area contributed by atoms with Gasteiger partial charge < -0.3 is 9.64 Å². The molecule has 23 heavy (non-hydrogen) atoms. The second kappa shape index (κ2) is 6.09. The standard InChI is InChI=1S/C15H21N3O4S/c1-22-14-7-12(5-6-16-14)15(19)18-9-11-3-4-13(18)10-17(8-11)23(2,20)21/h5-7,11,13H,3-4,8-10H2,1-2H3/t11-,13+/m0/s1. The fraction of sp³-hybridized carbons (Fsp3) is 0.600. The van der Waals surface area contributed by atoms with Crippen molar-refractivity contribution in [2.24, 2.45) is 5.92 Å². The lowest BCUT2D eigenvalue weighted by molar-refractivity contribution is 0.0588. The van der Waals surface area contributed by atoms with E-state index in [1.165, 1.54) is 17.7 Å². The molecular formula is C15H21N3O4S. The number of hydrogen-bond donors (Lipinski definition) is 0. The third-order valence-corrected chi connectivity index (χ3v) is 5.84. The first-order valence-electron chi connectivity index (χ1n) is 7.64. The number of methoxy groups -OCH3 is 1. The molecule has 1 aromatic rings. The van der Waals surface area contributed by atoms with Crippen LogP contribution in [0.4, 0.5) is 0 Å². The zero-order valence-electron chi connectivity index (χ0n) is 13.3. The van der Waals surface area contributed by atoms with Gasteiger partial charge in [-0.15, -0.1) is 0 Å². The summed E-state index contributed by atoms with van der Waals surface area (Å²) < 4.78 is 30.4. The van der Waals surface area contributed by atoms with Gasteiger partial charge in [-0.25, -0.2) is 13.4 Å². The number of aromatic nitrogens is 1. The molecule has 0 radical (unpaired) electrons. The average molecular weight is 339 g/mol. The summed E-state index contributed by atoms with van der Waals surface area (Å²) >= 11 is 0. The number of fused-ring (bicyclic) bond motifs is 4. The van der Waals surface area contributed by atoms with Crippen LogP contribution >= 0.6 is 0 Å². The Balaban J connectivity index is 1.85. The summed E-state index contributed by atoms with van der Waals surface area (Å²) in [6.45, 7) is 1.47. The van der Waals surface area contributed by atoms with Gasteiger partial charge in [0.2, 0.25) is 15.9 Å². The normalized spacial score (nSPS) is 25.2. The Morgan fingerprint density at radius 3 is 2.78 bits per heavy atom. The molecule has 0 N–H and O–H groups in total. The number of nitrogens with zero attached hydrogens (tertiary/aromatic N) is 3. The molecule has 8 heteroatoms. The maximum Gasteiger partial charge on any atom is 0.254 e. The van der Waals surface area contributed by atoms with E-state index in [0.717, 1.165) is 12.8 Å². The molecular weight excluding hydrogens is 318 g/mol. The number of piperidine rings is 1. The van der Waals surface area contributed by atoms with Crippen molar-refractivity contribution in [2.75, 3.05) is 33.0 Å². The number of pyridine rings is 1. The van der Waals surface area contributed by atoms with E-state index in [-0.39, 0.29) is 17.9 Å². The summed E-state index contributed by atoms with van der Waals surface area (Å²) in [6.07, 6.45) is 4.58. The molecule has 1 aromatic heterocycles. The molecule has 3 saturated heterocycles. The number of carbonyl (C=O) groups is 1. The molecule has 7 nitrogen and oxygen atoms in total. The molecule has 3 fully saturated rings. The number of sulfonamides is 1. The number of rotatable bonds is 3. The molecule has 3 aliphatic heterocycles. The lowest BCUT2D eigenvalue weighted by Gasteiger charge is -2.36. The van der Waals surface area contributed by atoms with Crippen molar-refractivity contribution in [3.63, 3.8) is 0 Å². The number of carbonyl (C=O) groups excluding carboxylic acids is 1. The highest BCUT2D eigenvalue weighted by atomic mass is 32.2. The Bertz CT molecular complexity index is 706. The number of hydrogen-bond acceptors (Lipinski definition) is 5. The zero-order valence-corrected chi connectivity index (χ0v) is 14.1. The molecule has 4 heterocycles. The maximum absolute atomic E-state index is 12.8. The van der Waals surface area contributed by atoms with Crippen molar-refractivity contribution in [2.45, 2.75) is 18.9 Å². The van der Waals surface area contributed by atoms with Crippen LogP contribution in [0.1, 0.15) is 23.2 Å². The molecule has 126 valence electrons. The molecule has 4 rings (SSSR count). The Morgan fingerprint density at radius 2 is 2.09 bits per heavy atom. The Kier molecular flexibility index (Phi) is 4.29. The molecule has 0 unspecified atom stereocenters. The highest BCUT2D eigenvalue weighted by Gasteiger charge is 2.39. The van der Waals surface area contributed by atoms with Gasteiger partial charge in [0.25, 0.3) is 5.91 Å². The van der Waals surface area contributed by atoms with Crippen LogP contribution in [0.25, 0.3) is 0 Å². The first kappa shape index (κ1) is 16.2. The molecule has 3 aliphatic rings. The molecule has 0 aliphatic carbocycles. The van der Waals surface area contributed by atoms with Crippen molar-refractivity contribution in [3.05, 3.63) is 23.9 Å². The second-order valence-corrected chi connectivity index (χ2v) is 8.20. The summed E-state index contributed by atoms with van der Waals surface area (Å²) in [4.78, 5) is 18.7. The van der Waals surface area contributed by atoms with Crippen LogP contribution in [-0.2, 0) is 10.0 Å². The third kappa shape index (κ3) is 3.32. The summed E-state index contributed by atoms with van der Waals surface area (Å²) in [7, 11) is -1.73. The largest absolute Gasteiger partial charge is 0.481 e. The second-order valence-electron chi connectivity index (χ2n) is 6.22. The van der Waals surface area contributed by atoms with E-state index in [0.29, 0.717) is 31.1 Å². The van der Waals surface area contributed by atoms with Crippen LogP contribution < -0.4 is 4.74 Å². The number of ether oxygens (including phenoxy) is 1. The SMILES string of the molecule is COc1cc(C(=O)N2C[C@H]3CC[C@@H]2CN(S(C)(=O)=O)C3)ccn1. The summed E-state index contributed by atoms with van der Waals surface area (Å²) in [6, 6.07) is 3.21. The van der Waals surface area contributed by atoms with E-state index in [2.05, 4.69) is 4.98 Å². The van der Waals surface area contributed by atoms with E-state index < -0.39 is 10.0 Å². The van der Waals surface area contributed by atoms with Gasteiger partial charge >= 0.3 is 0 Å². The molecule has 1 amide bonds. The van der Waals surface area contributed by atoms with E-state index >= 15 is 0 Å². The van der Waals surface area contributed by atoms with Crippen molar-refractivity contribution in [1.82, 2.24) is 14.2 Å². The van der Waals surface area contributed by atoms with E-state index in [9.17, 15) is 13.2 Å². The van der Waals surface area contributed by atoms with Crippen LogP contribution in [0.15, 0.2) is 18.3 Å². The average Bonchev–Trinajstić information content (AvgIpc) is 2.86. The fourth-order valence-electron chi connectivity index (χ4n) is 3.38. The molecule has 0 aromatic carbocycles. The van der Waals surface area contributed by atoms with Crippen LogP contribution in [-0.4, -0.2) is 67.6 Å². The Labute approximate surface area is 136 Å². The predicted molar refractivity (Wildman–Crippen MR) is 84.8 cm³/mol. The van der Waals surface area contributed by atoms with Gasteiger partial charge in [0, 0.05) is 43.5 Å². The number of amides is 1. The van der Waals surface area contributed by atoms with Crippen molar-refractivity contribution >= 4 is 15.9 Å². The topological polar surface area (TPSA) is 79.8 Å². The minimum absolute atomic E-state index is 0.0739. The quantitative estimate of drug-likeness (QED) is 0.805. The Hall–Kier alpha value is -1.67. The summed E-state index contributed by atoms with van der Waals surface area (Å²) in [5.74, 6) is 0.500. The molecule has 0 spiro atoms. The van der Waals surface area contributed by atoms with Gasteiger partial charge in [-0.05, 0) is 24.8 Å². The van der Waals surface area contributed by atoms with Crippen molar-refractivity contribution < 1.29 is 17.9 Å². The van der Waals surface area contributed by atoms with Gasteiger partial charge in [0.1, 0.15) is 0 Å². The lowest BCUT2D eigenvalue weighted by Crippen LogP contribution is -2.47. The molecule has 2 atom stereocenters. The lowest BCUT2D eigenvalue weighted by atomic mass is 9.94. The van der Waals surface area contributed by atoms with Crippen molar-refractivity contribution in [1.29, 1.82) is 0 Å². The predicted octanol–water partition coefficient (Wildman–Crippen LogP) is 0.586. The van der Waals surface area contributed by atoms with Gasteiger partial charge in [0.05, 0.1) is 13.4 Å². The van der Waals surface area contributed by atoms with Gasteiger partial charge in [-0.3, -0.25) is 4.79 Å². The fourth-order valence-corrected chi connectivity index (χ4v) is 4.30. The van der Waals surface area contributed by atoms with Crippen LogP contribution in [0.3, 0.4) is 0 Å². The Morgan fingerprint density at radius 1 is 1.30 bits per heavy atom. The zero-order chi connectivity index (χ0) is 16.6. The highest BCUT2D eigenvalue weighted by Crippen LogP contribution is 2.30. The van der Waals surface area contributed by atoms with Crippen molar-refractivity contribution in [3.8, 4) is 5.88 Å². The first-order chi connectivity index (χ1) is 10.9. The van der Waals surface area contributed by atoms with E-state index in [1.54, 1.807) is 18.3 Å². The van der Waals surface area contributed by atoms with Crippen LogP contribution in [0, 0.1) is 5.92 Å². The minimum Gasteiger partial charge on any atom is -0.481 e. The van der Waals surface area contributed by atoms with E-state index in [1.807, 2.05) is 4.90 Å². The van der Waals surface area contributed by atoms with E-state index in [4.69, 9.17) is 4.74 Å². The summed E-state index contributed by atoms with van der Waals surface area (Å²) in [5, 5.41) is 0. The van der Waals surface area contributed by atoms with Gasteiger partial charge in [-0.2, -0.15) is 4.31 Å². The van der Waals surface area contributed by atoms with Crippen LogP contribution in [0.2, 0.25) is 0 Å². The first-order valence-corrected chi connectivity index (χ1v) is 9.49. The smallest absolute Gasteiger partial charge is 0.254 e. The highest BCUT2D eigenvalue weighted by molar-refractivity contribution is 7.88. The van der Waals surface area contributed by atoms with Crippen LogP contribution in [0.5, 0.6) is 5.88 Å². The maximum atomic E-state index is 12.8. The molecule has 0 saturated carbocycles.